The first-order valence-electron chi connectivity index (χ1n) is 2.99. The van der Waals surface area contributed by atoms with E-state index in [0.717, 1.165) is 12.3 Å². The molecule has 0 aliphatic rings. The first-order chi connectivity index (χ1) is 5.93. The average Bonchev–Trinajstić information content (AvgIpc) is 2.03. The monoisotopic (exact) mass is 204 g/mol. The molecule has 70 valence electrons. The molecule has 1 rings (SSSR count). The first-order valence-corrected chi connectivity index (χ1v) is 4.43. The van der Waals surface area contributed by atoms with Gasteiger partial charge >= 0.3 is 10.1 Å². The second kappa shape index (κ2) is 3.07. The van der Waals surface area contributed by atoms with Crippen molar-refractivity contribution in [3.8, 4) is 0 Å². The normalized spacial score (nSPS) is 11.2. The van der Waals surface area contributed by atoms with Gasteiger partial charge in [0.2, 0.25) is 0 Å². The summed E-state index contributed by atoms with van der Waals surface area (Å²) in [6.45, 7) is 0. The van der Waals surface area contributed by atoms with Gasteiger partial charge in [-0.1, -0.05) is 0 Å². The van der Waals surface area contributed by atoms with E-state index in [2.05, 4.69) is 4.98 Å². The molecule has 0 aliphatic heterocycles. The van der Waals surface area contributed by atoms with E-state index < -0.39 is 25.6 Å². The summed E-state index contributed by atoms with van der Waals surface area (Å²) in [4.78, 5) is 11.9. The summed E-state index contributed by atoms with van der Waals surface area (Å²) in [7, 11) is -4.58. The third-order valence-electron chi connectivity index (χ3n) is 1.24. The van der Waals surface area contributed by atoms with Crippen LogP contribution in [-0.2, 0) is 10.1 Å². The van der Waals surface area contributed by atoms with Crippen molar-refractivity contribution >= 4 is 15.8 Å². The summed E-state index contributed by atoms with van der Waals surface area (Å²) in [5.41, 5.74) is -0.697. The Morgan fingerprint density at radius 2 is 2.15 bits per heavy atom. The Bertz CT molecular complexity index is 440. The zero-order chi connectivity index (χ0) is 10.1. The van der Waals surface area contributed by atoms with Crippen molar-refractivity contribution in [3.05, 3.63) is 28.6 Å². The van der Waals surface area contributed by atoms with Gasteiger partial charge in [0.05, 0.1) is 11.1 Å². The summed E-state index contributed by atoms with van der Waals surface area (Å²) in [5.74, 6) is 0. The highest BCUT2D eigenvalue weighted by molar-refractivity contribution is 7.86. The number of nitro groups is 1. The van der Waals surface area contributed by atoms with Crippen molar-refractivity contribution < 1.29 is 17.9 Å². The summed E-state index contributed by atoms with van der Waals surface area (Å²) in [6.07, 6.45) is 1.78. The fourth-order valence-corrected chi connectivity index (χ4v) is 1.32. The van der Waals surface area contributed by atoms with Crippen LogP contribution in [0.15, 0.2) is 23.4 Å². The van der Waals surface area contributed by atoms with Gasteiger partial charge in [-0.25, -0.2) is 0 Å². The largest absolute Gasteiger partial charge is 0.302 e. The van der Waals surface area contributed by atoms with Gasteiger partial charge in [-0.15, -0.1) is 0 Å². The Hall–Kier alpha value is -1.54. The Morgan fingerprint density at radius 1 is 1.54 bits per heavy atom. The predicted octanol–water partition coefficient (Wildman–Crippen LogP) is 0.236. The van der Waals surface area contributed by atoms with E-state index in [4.69, 9.17) is 4.55 Å². The highest BCUT2D eigenvalue weighted by Gasteiger charge is 2.23. The van der Waals surface area contributed by atoms with Crippen molar-refractivity contribution in [1.29, 1.82) is 0 Å². The molecule has 0 fully saturated rings. The van der Waals surface area contributed by atoms with Crippen LogP contribution in [0.25, 0.3) is 0 Å². The number of pyridine rings is 1. The Balaban J connectivity index is 3.46. The minimum Gasteiger partial charge on any atom is -0.282 e. The molecule has 0 saturated heterocycles. The summed E-state index contributed by atoms with van der Waals surface area (Å²) >= 11 is 0. The lowest BCUT2D eigenvalue weighted by Gasteiger charge is -1.96. The second-order valence-corrected chi connectivity index (χ2v) is 3.47. The van der Waals surface area contributed by atoms with Crippen LogP contribution in [0.4, 0.5) is 5.69 Å². The number of hydrogen-bond donors (Lipinski definition) is 1. The maximum absolute atomic E-state index is 10.6. The summed E-state index contributed by atoms with van der Waals surface area (Å²) in [5, 5.41) is 10.3. The first kappa shape index (κ1) is 9.55. The minimum atomic E-state index is -4.58. The van der Waals surface area contributed by atoms with E-state index in [1.165, 1.54) is 0 Å². The average molecular weight is 204 g/mol. The molecular formula is C5H4N2O5S. The van der Waals surface area contributed by atoms with Crippen LogP contribution in [0, 0.1) is 10.1 Å². The molecule has 0 aromatic carbocycles. The fraction of sp³-hybridized carbons (Fsp3) is 0. The van der Waals surface area contributed by atoms with E-state index in [0.29, 0.717) is 6.20 Å². The molecule has 0 aliphatic carbocycles. The maximum atomic E-state index is 10.6. The van der Waals surface area contributed by atoms with Gasteiger partial charge in [0.25, 0.3) is 5.69 Å². The van der Waals surface area contributed by atoms with Crippen LogP contribution in [0.5, 0.6) is 0 Å². The van der Waals surface area contributed by atoms with Gasteiger partial charge in [-0.2, -0.15) is 8.42 Å². The zero-order valence-corrected chi connectivity index (χ0v) is 6.93. The molecule has 0 saturated carbocycles. The van der Waals surface area contributed by atoms with Gasteiger partial charge in [-0.3, -0.25) is 19.7 Å². The van der Waals surface area contributed by atoms with Crippen LogP contribution >= 0.6 is 0 Å². The lowest BCUT2D eigenvalue weighted by Crippen LogP contribution is -2.03. The SMILES string of the molecule is O=[N+]([O-])c1ccncc1S(=O)(=O)O. The molecule has 13 heavy (non-hydrogen) atoms. The van der Waals surface area contributed by atoms with E-state index in [1.807, 2.05) is 0 Å². The molecule has 0 amide bonds. The molecule has 8 heteroatoms. The molecule has 1 heterocycles. The lowest BCUT2D eigenvalue weighted by molar-refractivity contribution is -0.388. The van der Waals surface area contributed by atoms with Crippen LogP contribution < -0.4 is 0 Å². The van der Waals surface area contributed by atoms with Crippen molar-refractivity contribution in [2.45, 2.75) is 4.90 Å². The van der Waals surface area contributed by atoms with E-state index in [-0.39, 0.29) is 0 Å². The molecule has 0 atom stereocenters. The summed E-state index contributed by atoms with van der Waals surface area (Å²) in [6, 6.07) is 0.892. The molecule has 7 nitrogen and oxygen atoms in total. The number of aromatic nitrogens is 1. The highest BCUT2D eigenvalue weighted by Crippen LogP contribution is 2.20. The number of hydrogen-bond acceptors (Lipinski definition) is 5. The van der Waals surface area contributed by atoms with Crippen molar-refractivity contribution in [1.82, 2.24) is 4.98 Å². The van der Waals surface area contributed by atoms with Gasteiger partial charge in [0, 0.05) is 12.3 Å². The highest BCUT2D eigenvalue weighted by atomic mass is 32.2. The van der Waals surface area contributed by atoms with Gasteiger partial charge in [-0.05, 0) is 0 Å². The molecule has 1 aromatic rings. The quantitative estimate of drug-likeness (QED) is 0.419. The molecule has 0 radical (unpaired) electrons. The van der Waals surface area contributed by atoms with E-state index >= 15 is 0 Å². The Kier molecular flexibility index (Phi) is 2.26. The van der Waals surface area contributed by atoms with Crippen LogP contribution in [0.1, 0.15) is 0 Å². The number of rotatable bonds is 2. The molecule has 0 spiro atoms. The fourth-order valence-electron chi connectivity index (χ4n) is 0.722. The third kappa shape index (κ3) is 1.98. The minimum absolute atomic E-state index is 0.697. The Morgan fingerprint density at radius 3 is 2.54 bits per heavy atom. The van der Waals surface area contributed by atoms with Gasteiger partial charge < -0.3 is 0 Å². The van der Waals surface area contributed by atoms with Crippen LogP contribution in [0.2, 0.25) is 0 Å². The summed E-state index contributed by atoms with van der Waals surface area (Å²) < 4.78 is 29.7. The standard InChI is InChI=1S/C5H4N2O5S/c8-7(9)4-1-2-6-3-5(4)13(10,11)12/h1-3H,(H,10,11,12). The number of nitrogens with zero attached hydrogens (tertiary/aromatic N) is 2. The Labute approximate surface area is 72.9 Å². The molecule has 1 aromatic heterocycles. The third-order valence-corrected chi connectivity index (χ3v) is 2.11. The van der Waals surface area contributed by atoms with Crippen LogP contribution in [0.3, 0.4) is 0 Å². The maximum Gasteiger partial charge on any atom is 0.302 e. The van der Waals surface area contributed by atoms with E-state index in [1.54, 1.807) is 0 Å². The van der Waals surface area contributed by atoms with Crippen molar-refractivity contribution in [3.63, 3.8) is 0 Å². The predicted molar refractivity (Wildman–Crippen MR) is 40.7 cm³/mol. The van der Waals surface area contributed by atoms with E-state index in [9.17, 15) is 18.5 Å². The van der Waals surface area contributed by atoms with Crippen LogP contribution in [-0.4, -0.2) is 22.9 Å². The van der Waals surface area contributed by atoms with Crippen molar-refractivity contribution in [2.75, 3.05) is 0 Å². The lowest BCUT2D eigenvalue weighted by atomic mass is 10.4. The second-order valence-electron chi connectivity index (χ2n) is 2.08. The molecular weight excluding hydrogens is 200 g/mol. The molecule has 0 unspecified atom stereocenters. The van der Waals surface area contributed by atoms with Gasteiger partial charge in [0.15, 0.2) is 4.90 Å². The zero-order valence-electron chi connectivity index (χ0n) is 6.11. The van der Waals surface area contributed by atoms with Gasteiger partial charge in [0.1, 0.15) is 0 Å². The topological polar surface area (TPSA) is 110 Å². The molecule has 0 bridgehead atoms. The molecule has 1 N–H and O–H groups in total. The smallest absolute Gasteiger partial charge is 0.282 e. The van der Waals surface area contributed by atoms with Crippen molar-refractivity contribution in [2.24, 2.45) is 0 Å².